The highest BCUT2D eigenvalue weighted by atomic mass is 19.4. The van der Waals surface area contributed by atoms with E-state index in [-0.39, 0.29) is 63.1 Å². The van der Waals surface area contributed by atoms with E-state index in [1.54, 1.807) is 37.9 Å². The standard InChI is InChI=1S/C26H31F5N8O2/c1-24(2)19-20(33-3)35-17(14-41-23(32)38-10-4-5-16(38)26(29,30)31)36-21(19)39(22(24)40)15-6-7-18(34-13-15)37-11-8-25(27,28)9-12-37/h6-7,13,16,32H,4-5,8-12,14H2,1-3H3,(H,33,35,36). The van der Waals surface area contributed by atoms with Crippen LogP contribution < -0.4 is 15.1 Å². The fourth-order valence-electron chi connectivity index (χ4n) is 5.53. The van der Waals surface area contributed by atoms with Crippen LogP contribution in [0.3, 0.4) is 0 Å². The Kier molecular flexibility index (Phi) is 7.18. The van der Waals surface area contributed by atoms with Crippen LogP contribution in [0.4, 0.5) is 45.1 Å². The molecule has 41 heavy (non-hydrogen) atoms. The number of likely N-dealkylation sites (tertiary alicyclic amines) is 1. The highest BCUT2D eigenvalue weighted by Crippen LogP contribution is 2.47. The van der Waals surface area contributed by atoms with Crippen molar-refractivity contribution in [2.45, 2.75) is 69.7 Å². The molecule has 5 heterocycles. The number of anilines is 4. The van der Waals surface area contributed by atoms with Crippen LogP contribution in [0.1, 0.15) is 50.9 Å². The lowest BCUT2D eigenvalue weighted by Gasteiger charge is -2.32. The van der Waals surface area contributed by atoms with Crippen molar-refractivity contribution in [2.75, 3.05) is 41.8 Å². The Morgan fingerprint density at radius 1 is 1.17 bits per heavy atom. The Labute approximate surface area is 233 Å². The largest absolute Gasteiger partial charge is 0.457 e. The summed E-state index contributed by atoms with van der Waals surface area (Å²) in [5.41, 5.74) is -0.118. The number of aromatic nitrogens is 3. The summed E-state index contributed by atoms with van der Waals surface area (Å²) in [6.45, 7) is 3.44. The van der Waals surface area contributed by atoms with Gasteiger partial charge < -0.3 is 19.9 Å². The van der Waals surface area contributed by atoms with Gasteiger partial charge in [0.25, 0.3) is 11.9 Å². The molecule has 3 aliphatic rings. The van der Waals surface area contributed by atoms with Crippen molar-refractivity contribution in [3.05, 3.63) is 29.7 Å². The number of ether oxygens (including phenoxy) is 1. The van der Waals surface area contributed by atoms with Gasteiger partial charge in [0.15, 0.2) is 12.4 Å². The van der Waals surface area contributed by atoms with Gasteiger partial charge in [-0.25, -0.2) is 23.7 Å². The predicted molar refractivity (Wildman–Crippen MR) is 141 cm³/mol. The van der Waals surface area contributed by atoms with E-state index < -0.39 is 29.6 Å². The maximum absolute atomic E-state index is 13.6. The molecule has 2 N–H and O–H groups in total. The Balaban J connectivity index is 1.40. The second-order valence-corrected chi connectivity index (χ2v) is 10.9. The first-order chi connectivity index (χ1) is 19.2. The summed E-state index contributed by atoms with van der Waals surface area (Å²) in [5, 5.41) is 11.1. The van der Waals surface area contributed by atoms with Crippen molar-refractivity contribution in [1.82, 2.24) is 19.9 Å². The zero-order valence-corrected chi connectivity index (χ0v) is 22.9. The molecule has 0 aliphatic carbocycles. The lowest BCUT2D eigenvalue weighted by Crippen LogP contribution is -2.45. The second kappa shape index (κ2) is 10.2. The van der Waals surface area contributed by atoms with E-state index >= 15 is 0 Å². The van der Waals surface area contributed by atoms with Crippen LogP contribution in [-0.4, -0.2) is 76.6 Å². The number of carbonyl (C=O) groups is 1. The molecule has 15 heteroatoms. The van der Waals surface area contributed by atoms with Gasteiger partial charge in [0, 0.05) is 39.5 Å². The molecule has 2 saturated heterocycles. The van der Waals surface area contributed by atoms with E-state index in [0.717, 1.165) is 4.90 Å². The first-order valence-corrected chi connectivity index (χ1v) is 13.3. The monoisotopic (exact) mass is 582 g/mol. The fourth-order valence-corrected chi connectivity index (χ4v) is 5.53. The molecule has 0 saturated carbocycles. The molecule has 0 spiro atoms. The lowest BCUT2D eigenvalue weighted by atomic mass is 9.87. The molecule has 2 aromatic heterocycles. The van der Waals surface area contributed by atoms with Crippen LogP contribution in [0.25, 0.3) is 0 Å². The number of carbonyl (C=O) groups excluding carboxylic acids is 1. The minimum Gasteiger partial charge on any atom is -0.457 e. The number of hydrogen-bond acceptors (Lipinski definition) is 8. The van der Waals surface area contributed by atoms with E-state index in [4.69, 9.17) is 10.1 Å². The van der Waals surface area contributed by atoms with Crippen molar-refractivity contribution >= 4 is 35.1 Å². The highest BCUT2D eigenvalue weighted by Gasteiger charge is 2.49. The number of amidine groups is 1. The zero-order chi connectivity index (χ0) is 29.7. The normalized spacial score (nSPS) is 21.7. The van der Waals surface area contributed by atoms with Crippen LogP contribution in [0, 0.1) is 5.41 Å². The molecule has 5 rings (SSSR count). The van der Waals surface area contributed by atoms with Crippen LogP contribution in [0.15, 0.2) is 18.3 Å². The quantitative estimate of drug-likeness (QED) is 0.300. The average molecular weight is 583 g/mol. The third-order valence-corrected chi connectivity index (χ3v) is 7.79. The first kappa shape index (κ1) is 28.7. The van der Waals surface area contributed by atoms with E-state index in [1.165, 1.54) is 11.1 Å². The number of nitrogens with zero attached hydrogens (tertiary/aromatic N) is 6. The number of nitrogens with one attached hydrogen (secondary N) is 2. The maximum Gasteiger partial charge on any atom is 0.408 e. The van der Waals surface area contributed by atoms with E-state index in [2.05, 4.69) is 20.3 Å². The first-order valence-electron chi connectivity index (χ1n) is 13.3. The molecule has 1 unspecified atom stereocenters. The zero-order valence-electron chi connectivity index (χ0n) is 22.9. The Hall–Kier alpha value is -3.78. The lowest BCUT2D eigenvalue weighted by molar-refractivity contribution is -0.169. The molecule has 0 aromatic carbocycles. The Morgan fingerprint density at radius 2 is 1.88 bits per heavy atom. The highest BCUT2D eigenvalue weighted by molar-refractivity contribution is 6.12. The molecular formula is C26H31F5N8O2. The second-order valence-electron chi connectivity index (χ2n) is 10.9. The number of rotatable bonds is 5. The Morgan fingerprint density at radius 3 is 2.49 bits per heavy atom. The summed E-state index contributed by atoms with van der Waals surface area (Å²) in [5.74, 6) is -1.82. The Bertz CT molecular complexity index is 1320. The van der Waals surface area contributed by atoms with E-state index in [1.807, 2.05) is 0 Å². The van der Waals surface area contributed by atoms with Crippen LogP contribution in [0.2, 0.25) is 0 Å². The molecule has 0 radical (unpaired) electrons. The summed E-state index contributed by atoms with van der Waals surface area (Å²) >= 11 is 0. The summed E-state index contributed by atoms with van der Waals surface area (Å²) in [4.78, 5) is 31.0. The van der Waals surface area contributed by atoms with Gasteiger partial charge in [-0.2, -0.15) is 13.2 Å². The minimum atomic E-state index is -4.48. The summed E-state index contributed by atoms with van der Waals surface area (Å²) < 4.78 is 72.6. The predicted octanol–water partition coefficient (Wildman–Crippen LogP) is 4.58. The van der Waals surface area contributed by atoms with Gasteiger partial charge in [-0.15, -0.1) is 0 Å². The number of hydrogen-bond donors (Lipinski definition) is 2. The van der Waals surface area contributed by atoms with Crippen LogP contribution >= 0.6 is 0 Å². The molecule has 2 aromatic rings. The molecule has 1 amide bonds. The van der Waals surface area contributed by atoms with Crippen molar-refractivity contribution in [3.63, 3.8) is 0 Å². The van der Waals surface area contributed by atoms with Gasteiger partial charge in [-0.3, -0.25) is 15.1 Å². The van der Waals surface area contributed by atoms with Crippen LogP contribution in [0.5, 0.6) is 0 Å². The molecule has 222 valence electrons. The average Bonchev–Trinajstić information content (AvgIpc) is 3.49. The number of fused-ring (bicyclic) bond motifs is 1. The fraction of sp³-hybridized carbons (Fsp3) is 0.577. The van der Waals surface area contributed by atoms with Crippen LogP contribution in [-0.2, 0) is 21.6 Å². The summed E-state index contributed by atoms with van der Waals surface area (Å²) in [7, 11) is 1.62. The number of alkyl halides is 5. The van der Waals surface area contributed by atoms with Gasteiger partial charge in [-0.05, 0) is 38.8 Å². The van der Waals surface area contributed by atoms with Crippen molar-refractivity contribution in [1.29, 1.82) is 5.41 Å². The van der Waals surface area contributed by atoms with E-state index in [0.29, 0.717) is 29.3 Å². The van der Waals surface area contributed by atoms with Gasteiger partial charge in [-0.1, -0.05) is 0 Å². The number of amides is 1. The van der Waals surface area contributed by atoms with Crippen molar-refractivity contribution in [2.24, 2.45) is 0 Å². The third kappa shape index (κ3) is 5.33. The maximum atomic E-state index is 13.6. The molecular weight excluding hydrogens is 551 g/mol. The van der Waals surface area contributed by atoms with Gasteiger partial charge in [0.1, 0.15) is 23.5 Å². The molecule has 0 bridgehead atoms. The van der Waals surface area contributed by atoms with Gasteiger partial charge in [0.2, 0.25) is 5.91 Å². The van der Waals surface area contributed by atoms with Crippen molar-refractivity contribution in [3.8, 4) is 0 Å². The minimum absolute atomic E-state index is 0.0507. The smallest absolute Gasteiger partial charge is 0.408 e. The summed E-state index contributed by atoms with van der Waals surface area (Å²) in [6.07, 6.45) is -3.35. The number of pyridine rings is 1. The SMILES string of the molecule is CNc1nc(COC(=N)N2CCCC2C(F)(F)F)nc2c1C(C)(C)C(=O)N2c1ccc(N2CCC(F)(F)CC2)nc1. The summed E-state index contributed by atoms with van der Waals surface area (Å²) in [6, 6.07) is 0.920. The number of halogens is 5. The van der Waals surface area contributed by atoms with Gasteiger partial charge in [0.05, 0.1) is 22.9 Å². The molecule has 1 atom stereocenters. The molecule has 3 aliphatic heterocycles. The third-order valence-electron chi connectivity index (χ3n) is 7.79. The molecule has 2 fully saturated rings. The molecule has 10 nitrogen and oxygen atoms in total. The topological polar surface area (TPSA) is 111 Å². The number of piperidine rings is 1. The van der Waals surface area contributed by atoms with Crippen molar-refractivity contribution < 1.29 is 31.5 Å². The van der Waals surface area contributed by atoms with Gasteiger partial charge >= 0.3 is 6.18 Å². The van der Waals surface area contributed by atoms with E-state index in [9.17, 15) is 26.7 Å².